The number of fused-ring (bicyclic) bond motifs is 1. The van der Waals surface area contributed by atoms with Gasteiger partial charge in [0.05, 0.1) is 16.8 Å². The van der Waals surface area contributed by atoms with Crippen LogP contribution in [-0.2, 0) is 6.54 Å². The van der Waals surface area contributed by atoms with Gasteiger partial charge in [-0.25, -0.2) is 4.98 Å². The molecule has 0 unspecified atom stereocenters. The number of thioether (sulfide) groups is 1. The number of ketones is 1. The van der Waals surface area contributed by atoms with Crippen molar-refractivity contribution in [3.05, 3.63) is 58.2 Å². The van der Waals surface area contributed by atoms with Crippen LogP contribution >= 0.6 is 23.1 Å². The Labute approximate surface area is 151 Å². The average molecular weight is 374 g/mol. The van der Waals surface area contributed by atoms with E-state index in [2.05, 4.69) is 11.6 Å². The molecule has 0 radical (unpaired) electrons. The Morgan fingerprint density at radius 1 is 1.36 bits per heavy atom. The highest BCUT2D eigenvalue weighted by Crippen LogP contribution is 2.26. The number of thiophene rings is 1. The first kappa shape index (κ1) is 17.2. The molecule has 128 valence electrons. The standard InChI is InChI=1S/C17H14N2O4S2/c1-2-6-19-16(23)15-12(5-7-24-15)18-17(19)25-9-14(22)11-4-3-10(20)8-13(11)21/h2-5,7-8,20-21H,1,6,9H2. The van der Waals surface area contributed by atoms with E-state index in [4.69, 9.17) is 0 Å². The van der Waals surface area contributed by atoms with E-state index in [0.717, 1.165) is 17.8 Å². The first-order valence-electron chi connectivity index (χ1n) is 7.28. The first-order chi connectivity index (χ1) is 12.0. The third-order valence-corrected chi connectivity index (χ3v) is 5.32. The average Bonchev–Trinajstić information content (AvgIpc) is 3.04. The maximum atomic E-state index is 12.5. The molecule has 0 aliphatic carbocycles. The Balaban J connectivity index is 1.89. The number of allylic oxidation sites excluding steroid dienone is 1. The van der Waals surface area contributed by atoms with E-state index in [9.17, 15) is 19.8 Å². The van der Waals surface area contributed by atoms with Crippen LogP contribution in [0.25, 0.3) is 10.2 Å². The second-order valence-corrected chi connectivity index (χ2v) is 7.01. The van der Waals surface area contributed by atoms with Gasteiger partial charge in [0.15, 0.2) is 10.9 Å². The lowest BCUT2D eigenvalue weighted by Gasteiger charge is -2.10. The number of aromatic hydroxyl groups is 2. The molecule has 8 heteroatoms. The van der Waals surface area contributed by atoms with Crippen LogP contribution in [0, 0.1) is 0 Å². The molecule has 0 saturated heterocycles. The monoisotopic (exact) mass is 374 g/mol. The molecule has 3 rings (SSSR count). The summed E-state index contributed by atoms with van der Waals surface area (Å²) in [5.74, 6) is -0.730. The fourth-order valence-corrected chi connectivity index (χ4v) is 3.96. The predicted molar refractivity (Wildman–Crippen MR) is 98.9 cm³/mol. The Kier molecular flexibility index (Phi) is 4.91. The van der Waals surface area contributed by atoms with Crippen molar-refractivity contribution in [2.24, 2.45) is 0 Å². The second kappa shape index (κ2) is 7.12. The Hall–Kier alpha value is -2.58. The highest BCUT2D eigenvalue weighted by molar-refractivity contribution is 7.99. The number of hydrogen-bond donors (Lipinski definition) is 2. The molecule has 2 N–H and O–H groups in total. The van der Waals surface area contributed by atoms with Crippen molar-refractivity contribution in [3.63, 3.8) is 0 Å². The predicted octanol–water partition coefficient (Wildman–Crippen LogP) is 3.03. The third kappa shape index (κ3) is 3.45. The number of phenolic OH excluding ortho intramolecular Hbond substituents is 2. The molecule has 0 saturated carbocycles. The van der Waals surface area contributed by atoms with E-state index >= 15 is 0 Å². The van der Waals surface area contributed by atoms with Crippen molar-refractivity contribution in [1.29, 1.82) is 0 Å². The Morgan fingerprint density at radius 2 is 2.16 bits per heavy atom. The molecular weight excluding hydrogens is 360 g/mol. The van der Waals surface area contributed by atoms with Crippen LogP contribution in [0.15, 0.2) is 52.3 Å². The number of hydrogen-bond acceptors (Lipinski definition) is 7. The maximum Gasteiger partial charge on any atom is 0.272 e. The molecule has 2 heterocycles. The van der Waals surface area contributed by atoms with E-state index < -0.39 is 0 Å². The van der Waals surface area contributed by atoms with Gasteiger partial charge in [-0.1, -0.05) is 17.8 Å². The second-order valence-electron chi connectivity index (χ2n) is 5.15. The molecule has 0 atom stereocenters. The van der Waals surface area contributed by atoms with Crippen molar-refractivity contribution in [2.45, 2.75) is 11.7 Å². The number of benzene rings is 1. The summed E-state index contributed by atoms with van der Waals surface area (Å²) >= 11 is 2.44. The minimum absolute atomic E-state index is 0.00242. The van der Waals surface area contributed by atoms with Gasteiger partial charge in [-0.3, -0.25) is 14.2 Å². The van der Waals surface area contributed by atoms with Crippen LogP contribution in [-0.4, -0.2) is 31.3 Å². The zero-order valence-electron chi connectivity index (χ0n) is 13.0. The molecule has 0 spiro atoms. The minimum Gasteiger partial charge on any atom is -0.508 e. The normalized spacial score (nSPS) is 10.9. The van der Waals surface area contributed by atoms with Gasteiger partial charge in [0.25, 0.3) is 5.56 Å². The van der Waals surface area contributed by atoms with Crippen molar-refractivity contribution in [1.82, 2.24) is 9.55 Å². The Morgan fingerprint density at radius 3 is 2.88 bits per heavy atom. The first-order valence-corrected chi connectivity index (χ1v) is 9.14. The van der Waals surface area contributed by atoms with Crippen LogP contribution in [0.3, 0.4) is 0 Å². The topological polar surface area (TPSA) is 92.4 Å². The minimum atomic E-state index is -0.327. The Bertz CT molecular complexity index is 1020. The molecule has 0 aliphatic heterocycles. The summed E-state index contributed by atoms with van der Waals surface area (Å²) in [5, 5.41) is 21.3. The van der Waals surface area contributed by atoms with E-state index in [-0.39, 0.29) is 34.2 Å². The quantitative estimate of drug-likeness (QED) is 0.298. The van der Waals surface area contributed by atoms with Gasteiger partial charge in [0.2, 0.25) is 0 Å². The van der Waals surface area contributed by atoms with Crippen molar-refractivity contribution >= 4 is 39.1 Å². The van der Waals surface area contributed by atoms with Crippen LogP contribution in [0.2, 0.25) is 0 Å². The number of Topliss-reactive ketones (excluding diaryl/α,β-unsaturated/α-hetero) is 1. The summed E-state index contributed by atoms with van der Waals surface area (Å²) in [7, 11) is 0. The number of phenols is 2. The molecule has 2 aromatic heterocycles. The van der Waals surface area contributed by atoms with E-state index in [1.165, 1.54) is 28.0 Å². The van der Waals surface area contributed by atoms with Crippen LogP contribution in [0.5, 0.6) is 11.5 Å². The lowest BCUT2D eigenvalue weighted by atomic mass is 10.1. The summed E-state index contributed by atoms with van der Waals surface area (Å²) in [6.45, 7) is 3.94. The zero-order valence-corrected chi connectivity index (χ0v) is 14.6. The van der Waals surface area contributed by atoms with Gasteiger partial charge in [0, 0.05) is 12.6 Å². The van der Waals surface area contributed by atoms with E-state index in [1.807, 2.05) is 0 Å². The summed E-state index contributed by atoms with van der Waals surface area (Å²) in [5.41, 5.74) is 0.541. The molecular formula is C17H14N2O4S2. The third-order valence-electron chi connectivity index (χ3n) is 3.46. The zero-order chi connectivity index (χ0) is 18.0. The van der Waals surface area contributed by atoms with Gasteiger partial charge in [-0.2, -0.15) is 0 Å². The van der Waals surface area contributed by atoms with Gasteiger partial charge in [0.1, 0.15) is 16.2 Å². The van der Waals surface area contributed by atoms with Crippen LogP contribution in [0.1, 0.15) is 10.4 Å². The number of rotatable bonds is 6. The summed E-state index contributed by atoms with van der Waals surface area (Å²) in [6.07, 6.45) is 1.60. The van der Waals surface area contributed by atoms with E-state index in [1.54, 1.807) is 17.5 Å². The molecule has 1 aromatic carbocycles. The summed E-state index contributed by atoms with van der Waals surface area (Å²) in [6, 6.07) is 5.57. The van der Waals surface area contributed by atoms with Crippen LogP contribution in [0.4, 0.5) is 0 Å². The van der Waals surface area contributed by atoms with Crippen molar-refractivity contribution < 1.29 is 15.0 Å². The van der Waals surface area contributed by atoms with Gasteiger partial charge in [-0.05, 0) is 23.6 Å². The number of carbonyl (C=O) groups excluding carboxylic acids is 1. The van der Waals surface area contributed by atoms with E-state index in [0.29, 0.717) is 21.9 Å². The lowest BCUT2D eigenvalue weighted by Crippen LogP contribution is -2.22. The molecule has 6 nitrogen and oxygen atoms in total. The molecule has 0 amide bonds. The lowest BCUT2D eigenvalue weighted by molar-refractivity contribution is 0.102. The number of carbonyl (C=O) groups is 1. The largest absolute Gasteiger partial charge is 0.508 e. The van der Waals surface area contributed by atoms with Crippen LogP contribution < -0.4 is 5.56 Å². The SMILES string of the molecule is C=CCn1c(SCC(=O)c2ccc(O)cc2O)nc2ccsc2c1=O. The summed E-state index contributed by atoms with van der Waals surface area (Å²) < 4.78 is 2.04. The molecule has 0 bridgehead atoms. The molecule has 0 fully saturated rings. The van der Waals surface area contributed by atoms with Gasteiger partial charge < -0.3 is 10.2 Å². The summed E-state index contributed by atoms with van der Waals surface area (Å²) in [4.78, 5) is 29.3. The highest BCUT2D eigenvalue weighted by atomic mass is 32.2. The number of nitrogens with zero attached hydrogens (tertiary/aromatic N) is 2. The molecule has 0 aliphatic rings. The fraction of sp³-hybridized carbons (Fsp3) is 0.118. The molecule has 25 heavy (non-hydrogen) atoms. The smallest absolute Gasteiger partial charge is 0.272 e. The molecule has 3 aromatic rings. The van der Waals surface area contributed by atoms with Gasteiger partial charge >= 0.3 is 0 Å². The van der Waals surface area contributed by atoms with Gasteiger partial charge in [-0.15, -0.1) is 17.9 Å². The van der Waals surface area contributed by atoms with Crippen molar-refractivity contribution in [3.8, 4) is 11.5 Å². The highest BCUT2D eigenvalue weighted by Gasteiger charge is 2.16. The number of aromatic nitrogens is 2. The fourth-order valence-electron chi connectivity index (χ4n) is 2.29. The van der Waals surface area contributed by atoms with Crippen molar-refractivity contribution in [2.75, 3.05) is 5.75 Å². The maximum absolute atomic E-state index is 12.5.